The Morgan fingerprint density at radius 2 is 2.00 bits per heavy atom. The van der Waals surface area contributed by atoms with Crippen LogP contribution in [0.1, 0.15) is 24.1 Å². The Morgan fingerprint density at radius 1 is 1.16 bits per heavy atom. The summed E-state index contributed by atoms with van der Waals surface area (Å²) in [6.45, 7) is 2.21. The highest BCUT2D eigenvalue weighted by atomic mass is 19.4. The zero-order chi connectivity index (χ0) is 21.6. The number of halogens is 3. The molecule has 2 N–H and O–H groups in total. The molecule has 0 amide bonds. The first-order valence-corrected chi connectivity index (χ1v) is 10.6. The molecule has 0 radical (unpaired) electrons. The SMILES string of the molecule is COc1cccc2[nH]cc(CNC3CCC4CN(c5cccc(C(F)(F)F)n5)CC43)c12. The van der Waals surface area contributed by atoms with Crippen molar-refractivity contribution in [1.29, 1.82) is 0 Å². The molecule has 3 atom stereocenters. The Kier molecular flexibility index (Phi) is 5.04. The van der Waals surface area contributed by atoms with E-state index in [2.05, 4.69) is 15.3 Å². The summed E-state index contributed by atoms with van der Waals surface area (Å²) in [4.78, 5) is 9.19. The molecule has 164 valence electrons. The molecule has 2 aromatic heterocycles. The Hall–Kier alpha value is -2.74. The molecule has 3 heterocycles. The molecule has 3 unspecified atom stereocenters. The van der Waals surface area contributed by atoms with Crippen molar-refractivity contribution >= 4 is 16.7 Å². The number of H-pyrrole nitrogens is 1. The zero-order valence-electron chi connectivity index (χ0n) is 17.2. The summed E-state index contributed by atoms with van der Waals surface area (Å²) in [5.74, 6) is 2.15. The van der Waals surface area contributed by atoms with Gasteiger partial charge in [0.25, 0.3) is 0 Å². The van der Waals surface area contributed by atoms with Gasteiger partial charge in [0.1, 0.15) is 17.3 Å². The number of fused-ring (bicyclic) bond motifs is 2. The Bertz CT molecular complexity index is 1080. The molecule has 5 rings (SSSR count). The van der Waals surface area contributed by atoms with Crippen LogP contribution in [0.15, 0.2) is 42.6 Å². The van der Waals surface area contributed by atoms with Gasteiger partial charge >= 0.3 is 6.18 Å². The van der Waals surface area contributed by atoms with Crippen LogP contribution in [0.5, 0.6) is 5.75 Å². The Labute approximate surface area is 178 Å². The summed E-state index contributed by atoms with van der Waals surface area (Å²) in [7, 11) is 1.68. The number of benzene rings is 1. The summed E-state index contributed by atoms with van der Waals surface area (Å²) in [6.07, 6.45) is -0.246. The largest absolute Gasteiger partial charge is 0.496 e. The van der Waals surface area contributed by atoms with E-state index >= 15 is 0 Å². The fraction of sp³-hybridized carbons (Fsp3) is 0.435. The number of pyridine rings is 1. The van der Waals surface area contributed by atoms with Gasteiger partial charge in [-0.2, -0.15) is 13.2 Å². The van der Waals surface area contributed by atoms with E-state index in [4.69, 9.17) is 4.74 Å². The molecule has 31 heavy (non-hydrogen) atoms. The van der Waals surface area contributed by atoms with Crippen molar-refractivity contribution in [3.8, 4) is 5.75 Å². The monoisotopic (exact) mass is 430 g/mol. The van der Waals surface area contributed by atoms with Gasteiger partial charge in [-0.3, -0.25) is 0 Å². The number of ether oxygens (including phenoxy) is 1. The highest BCUT2D eigenvalue weighted by molar-refractivity contribution is 5.89. The second-order valence-electron chi connectivity index (χ2n) is 8.47. The number of aromatic nitrogens is 2. The lowest BCUT2D eigenvalue weighted by Gasteiger charge is -2.23. The highest BCUT2D eigenvalue weighted by Gasteiger charge is 2.43. The van der Waals surface area contributed by atoms with Crippen molar-refractivity contribution < 1.29 is 17.9 Å². The van der Waals surface area contributed by atoms with E-state index in [0.29, 0.717) is 23.7 Å². The predicted molar refractivity (Wildman–Crippen MR) is 113 cm³/mol. The van der Waals surface area contributed by atoms with Gasteiger partial charge in [0.05, 0.1) is 7.11 Å². The van der Waals surface area contributed by atoms with Gasteiger partial charge in [0, 0.05) is 42.8 Å². The Balaban J connectivity index is 1.28. The molecule has 1 saturated carbocycles. The van der Waals surface area contributed by atoms with E-state index in [-0.39, 0.29) is 0 Å². The van der Waals surface area contributed by atoms with Gasteiger partial charge in [-0.05, 0) is 54.5 Å². The summed E-state index contributed by atoms with van der Waals surface area (Å²) in [5, 5.41) is 4.79. The number of alkyl halides is 3. The maximum absolute atomic E-state index is 13.0. The van der Waals surface area contributed by atoms with E-state index < -0.39 is 11.9 Å². The van der Waals surface area contributed by atoms with Crippen molar-refractivity contribution in [3.05, 3.63) is 53.9 Å². The quantitative estimate of drug-likeness (QED) is 0.622. The van der Waals surface area contributed by atoms with Crippen LogP contribution < -0.4 is 15.0 Å². The minimum Gasteiger partial charge on any atom is -0.496 e. The fourth-order valence-corrected chi connectivity index (χ4v) is 5.23. The number of methoxy groups -OCH3 is 1. The first kappa shape index (κ1) is 20.2. The summed E-state index contributed by atoms with van der Waals surface area (Å²) in [6, 6.07) is 10.4. The average molecular weight is 430 g/mol. The molecule has 0 bridgehead atoms. The van der Waals surface area contributed by atoms with Gasteiger partial charge < -0.3 is 19.9 Å². The molecule has 1 saturated heterocycles. The van der Waals surface area contributed by atoms with Crippen molar-refractivity contribution in [3.63, 3.8) is 0 Å². The van der Waals surface area contributed by atoms with Crippen LogP contribution >= 0.6 is 0 Å². The number of hydrogen-bond donors (Lipinski definition) is 2. The average Bonchev–Trinajstić information content (AvgIpc) is 3.46. The minimum absolute atomic E-state index is 0.334. The van der Waals surface area contributed by atoms with E-state index in [1.807, 2.05) is 29.3 Å². The summed E-state index contributed by atoms with van der Waals surface area (Å²) in [5.41, 5.74) is 1.37. The molecule has 0 spiro atoms. The lowest BCUT2D eigenvalue weighted by atomic mass is 9.97. The smallest absolute Gasteiger partial charge is 0.433 e. The fourth-order valence-electron chi connectivity index (χ4n) is 5.23. The van der Waals surface area contributed by atoms with Crippen molar-refractivity contribution in [2.45, 2.75) is 31.6 Å². The lowest BCUT2D eigenvalue weighted by Crippen LogP contribution is -2.35. The van der Waals surface area contributed by atoms with Gasteiger partial charge in [-0.1, -0.05) is 12.1 Å². The number of hydrogen-bond acceptors (Lipinski definition) is 4. The highest BCUT2D eigenvalue weighted by Crippen LogP contribution is 2.40. The number of aromatic amines is 1. The van der Waals surface area contributed by atoms with Crippen LogP contribution in [-0.2, 0) is 12.7 Å². The predicted octanol–water partition coefficient (Wildman–Crippen LogP) is 4.59. The third-order valence-corrected chi connectivity index (χ3v) is 6.73. The molecule has 3 aromatic rings. The van der Waals surface area contributed by atoms with Crippen LogP contribution in [0.4, 0.5) is 19.0 Å². The van der Waals surface area contributed by atoms with Crippen molar-refractivity contribution in [2.75, 3.05) is 25.1 Å². The van der Waals surface area contributed by atoms with Crippen LogP contribution in [0.25, 0.3) is 10.9 Å². The maximum atomic E-state index is 13.0. The van der Waals surface area contributed by atoms with E-state index in [1.165, 1.54) is 6.07 Å². The second kappa shape index (κ2) is 7.75. The standard InChI is InChI=1S/C23H25F3N4O/c1-31-19-5-2-4-18-22(19)15(11-28-18)10-27-17-9-8-14-12-30(13-16(14)17)21-7-3-6-20(29-21)23(24,25)26/h2-7,11,14,16-17,27-28H,8-10,12-13H2,1H3. The topological polar surface area (TPSA) is 53.2 Å². The molecule has 2 aliphatic rings. The van der Waals surface area contributed by atoms with E-state index in [9.17, 15) is 13.2 Å². The van der Waals surface area contributed by atoms with Crippen molar-refractivity contribution in [1.82, 2.24) is 15.3 Å². The van der Waals surface area contributed by atoms with Crippen LogP contribution in [0.3, 0.4) is 0 Å². The molecule has 1 aromatic carbocycles. The maximum Gasteiger partial charge on any atom is 0.433 e. The number of nitrogens with one attached hydrogen (secondary N) is 2. The minimum atomic E-state index is -4.42. The normalized spacial score (nSPS) is 23.5. The molecular weight excluding hydrogens is 405 g/mol. The van der Waals surface area contributed by atoms with Gasteiger partial charge in [-0.15, -0.1) is 0 Å². The van der Waals surface area contributed by atoms with Crippen LogP contribution in [-0.4, -0.2) is 36.2 Å². The summed E-state index contributed by atoms with van der Waals surface area (Å²) >= 11 is 0. The molecule has 8 heteroatoms. The molecule has 1 aliphatic heterocycles. The molecule has 2 fully saturated rings. The molecular formula is C23H25F3N4O. The number of rotatable bonds is 5. The second-order valence-corrected chi connectivity index (χ2v) is 8.47. The van der Waals surface area contributed by atoms with Crippen LogP contribution in [0.2, 0.25) is 0 Å². The summed E-state index contributed by atoms with van der Waals surface area (Å²) < 4.78 is 44.7. The molecule has 5 nitrogen and oxygen atoms in total. The number of nitrogens with zero attached hydrogens (tertiary/aromatic N) is 2. The van der Waals surface area contributed by atoms with E-state index in [0.717, 1.165) is 60.8 Å². The van der Waals surface area contributed by atoms with Gasteiger partial charge in [0.15, 0.2) is 0 Å². The van der Waals surface area contributed by atoms with E-state index in [1.54, 1.807) is 13.2 Å². The third kappa shape index (κ3) is 3.73. The van der Waals surface area contributed by atoms with Gasteiger partial charge in [0.2, 0.25) is 0 Å². The zero-order valence-corrected chi connectivity index (χ0v) is 17.2. The molecule has 1 aliphatic carbocycles. The van der Waals surface area contributed by atoms with Gasteiger partial charge in [-0.25, -0.2) is 4.98 Å². The first-order valence-electron chi connectivity index (χ1n) is 10.6. The Morgan fingerprint density at radius 3 is 2.81 bits per heavy atom. The lowest BCUT2D eigenvalue weighted by molar-refractivity contribution is -0.141. The number of anilines is 1. The first-order chi connectivity index (χ1) is 14.9. The van der Waals surface area contributed by atoms with Crippen LogP contribution in [0, 0.1) is 11.8 Å². The third-order valence-electron chi connectivity index (χ3n) is 6.73. The van der Waals surface area contributed by atoms with Crippen molar-refractivity contribution in [2.24, 2.45) is 11.8 Å².